The van der Waals surface area contributed by atoms with Crippen molar-refractivity contribution in [2.75, 3.05) is 49.1 Å². The summed E-state index contributed by atoms with van der Waals surface area (Å²) >= 11 is 2.02. The summed E-state index contributed by atoms with van der Waals surface area (Å²) in [6.45, 7) is 3.50. The molecule has 2 aromatic carbocycles. The number of piperazine rings is 1. The van der Waals surface area contributed by atoms with E-state index in [-0.39, 0.29) is 24.9 Å². The predicted molar refractivity (Wildman–Crippen MR) is 139 cm³/mol. The Bertz CT molecular complexity index is 1240. The van der Waals surface area contributed by atoms with Crippen molar-refractivity contribution >= 4 is 57.6 Å². The third kappa shape index (κ3) is 5.62. The number of nitrogens with one attached hydrogen (secondary N) is 1. The number of hydrogen-bond acceptors (Lipinski definition) is 6. The van der Waals surface area contributed by atoms with E-state index in [0.717, 1.165) is 0 Å². The van der Waals surface area contributed by atoms with Crippen molar-refractivity contribution in [2.45, 2.75) is 13.0 Å². The first-order chi connectivity index (χ1) is 17.3. The molecule has 0 spiro atoms. The van der Waals surface area contributed by atoms with Crippen LogP contribution in [0.2, 0.25) is 0 Å². The molecule has 1 atom stereocenters. The number of nitrogens with zero attached hydrogens (tertiary/aromatic N) is 6. The maximum atomic E-state index is 15.0. The summed E-state index contributed by atoms with van der Waals surface area (Å²) in [6.07, 6.45) is -1.10. The molecule has 0 bridgehead atoms. The van der Waals surface area contributed by atoms with Crippen LogP contribution in [0, 0.1) is 9.39 Å². The highest BCUT2D eigenvalue weighted by molar-refractivity contribution is 14.1. The van der Waals surface area contributed by atoms with Gasteiger partial charge in [0.2, 0.25) is 5.91 Å². The number of cyclic esters (lactones) is 1. The van der Waals surface area contributed by atoms with E-state index in [1.165, 1.54) is 17.9 Å². The summed E-state index contributed by atoms with van der Waals surface area (Å²) in [5.41, 5.74) is 10.3. The molecular weight excluding hydrogens is 582 g/mol. The van der Waals surface area contributed by atoms with E-state index in [0.29, 0.717) is 52.4 Å². The molecule has 2 aliphatic heterocycles. The van der Waals surface area contributed by atoms with Crippen LogP contribution in [0.5, 0.6) is 0 Å². The summed E-state index contributed by atoms with van der Waals surface area (Å²) in [7, 11) is 0. The van der Waals surface area contributed by atoms with Gasteiger partial charge in [-0.15, -0.1) is 0 Å². The highest BCUT2D eigenvalue weighted by Crippen LogP contribution is 2.29. The fourth-order valence-electron chi connectivity index (χ4n) is 4.12. The summed E-state index contributed by atoms with van der Waals surface area (Å²) in [4.78, 5) is 43.9. The van der Waals surface area contributed by atoms with Crippen molar-refractivity contribution < 1.29 is 23.5 Å². The van der Waals surface area contributed by atoms with Crippen LogP contribution in [0.4, 0.5) is 26.2 Å². The van der Waals surface area contributed by atoms with Gasteiger partial charge in [-0.1, -0.05) is 11.2 Å². The van der Waals surface area contributed by atoms with E-state index in [1.54, 1.807) is 35.2 Å². The molecule has 3 amide bonds. The number of ether oxygens (including phenoxy) is 1. The van der Waals surface area contributed by atoms with Crippen LogP contribution in [0.15, 0.2) is 41.5 Å². The third-order valence-electron chi connectivity index (χ3n) is 5.95. The summed E-state index contributed by atoms with van der Waals surface area (Å²) in [5.74, 6) is -0.842. The molecule has 0 aromatic heterocycles. The van der Waals surface area contributed by atoms with Gasteiger partial charge >= 0.3 is 6.09 Å². The molecule has 0 aliphatic carbocycles. The largest absolute Gasteiger partial charge is 0.442 e. The minimum absolute atomic E-state index is 0.141. The number of amides is 3. The van der Waals surface area contributed by atoms with Gasteiger partial charge in [-0.3, -0.25) is 14.5 Å². The summed E-state index contributed by atoms with van der Waals surface area (Å²) in [6, 6.07) is 9.49. The number of rotatable bonds is 6. The van der Waals surface area contributed by atoms with Crippen LogP contribution in [0.25, 0.3) is 10.4 Å². The SMILES string of the molecule is CC(=O)NC[C@H]1CN(c2ccc(N3CCN(C(=O)c4ccc(N=[N+]=[N-])c([125I])c4)CC3)c(F)c2)C(=O)O1. The van der Waals surface area contributed by atoms with Crippen LogP contribution in [0.3, 0.4) is 0 Å². The highest BCUT2D eigenvalue weighted by atomic mass is 125. The molecule has 0 saturated carbocycles. The Labute approximate surface area is 219 Å². The number of hydrogen-bond donors (Lipinski definition) is 1. The lowest BCUT2D eigenvalue weighted by Crippen LogP contribution is -2.49. The second-order valence-electron chi connectivity index (χ2n) is 8.32. The number of carbonyl (C=O) groups is 3. The van der Waals surface area contributed by atoms with Gasteiger partial charge in [0, 0.05) is 47.1 Å². The highest BCUT2D eigenvalue weighted by Gasteiger charge is 2.33. The first kappa shape index (κ1) is 25.5. The molecule has 13 heteroatoms. The van der Waals surface area contributed by atoms with E-state index < -0.39 is 18.0 Å². The van der Waals surface area contributed by atoms with Gasteiger partial charge in [-0.25, -0.2) is 9.18 Å². The minimum atomic E-state index is -0.591. The van der Waals surface area contributed by atoms with Gasteiger partial charge in [-0.2, -0.15) is 0 Å². The average Bonchev–Trinajstić information content (AvgIpc) is 3.24. The molecule has 2 fully saturated rings. The van der Waals surface area contributed by atoms with E-state index in [2.05, 4.69) is 15.3 Å². The Morgan fingerprint density at radius 1 is 1.22 bits per heavy atom. The molecule has 2 heterocycles. The van der Waals surface area contributed by atoms with Gasteiger partial charge in [0.15, 0.2) is 0 Å². The third-order valence-corrected chi connectivity index (χ3v) is 6.81. The molecule has 2 aromatic rings. The van der Waals surface area contributed by atoms with Gasteiger partial charge in [-0.05, 0) is 58.5 Å². The van der Waals surface area contributed by atoms with Crippen molar-refractivity contribution in [1.29, 1.82) is 0 Å². The molecule has 188 valence electrons. The normalized spacial score (nSPS) is 17.5. The van der Waals surface area contributed by atoms with Crippen LogP contribution in [0.1, 0.15) is 17.3 Å². The van der Waals surface area contributed by atoms with Crippen molar-refractivity contribution in [2.24, 2.45) is 5.11 Å². The van der Waals surface area contributed by atoms with Crippen molar-refractivity contribution in [3.63, 3.8) is 0 Å². The van der Waals surface area contributed by atoms with Gasteiger partial charge in [0.25, 0.3) is 5.91 Å². The number of benzene rings is 2. The second-order valence-corrected chi connectivity index (χ2v) is 9.49. The van der Waals surface area contributed by atoms with Crippen LogP contribution in [-0.4, -0.2) is 68.2 Å². The second kappa shape index (κ2) is 11.0. The van der Waals surface area contributed by atoms with E-state index in [1.807, 2.05) is 27.5 Å². The fraction of sp³-hybridized carbons (Fsp3) is 0.348. The summed E-state index contributed by atoms with van der Waals surface area (Å²) in [5, 5.41) is 6.19. The predicted octanol–water partition coefficient (Wildman–Crippen LogP) is 3.80. The molecule has 0 unspecified atom stereocenters. The molecular formula is C23H23FIN7O4. The topological polar surface area (TPSA) is 131 Å². The maximum Gasteiger partial charge on any atom is 0.414 e. The van der Waals surface area contributed by atoms with E-state index in [9.17, 15) is 14.4 Å². The Balaban J connectivity index is 1.37. The Kier molecular flexibility index (Phi) is 7.79. The molecule has 2 saturated heterocycles. The van der Waals surface area contributed by atoms with Crippen molar-refractivity contribution in [1.82, 2.24) is 10.2 Å². The summed E-state index contributed by atoms with van der Waals surface area (Å²) < 4.78 is 21.0. The minimum Gasteiger partial charge on any atom is -0.442 e. The number of halogens is 2. The molecule has 36 heavy (non-hydrogen) atoms. The zero-order valence-electron chi connectivity index (χ0n) is 19.4. The Hall–Kier alpha value is -3.58. The van der Waals surface area contributed by atoms with Crippen molar-refractivity contribution in [3.05, 3.63) is 61.8 Å². The first-order valence-corrected chi connectivity index (χ1v) is 12.3. The zero-order valence-corrected chi connectivity index (χ0v) is 21.5. The van der Waals surface area contributed by atoms with E-state index in [4.69, 9.17) is 10.3 Å². The molecule has 2 aliphatic rings. The van der Waals surface area contributed by atoms with Gasteiger partial charge in [0.05, 0.1) is 30.2 Å². The quantitative estimate of drug-likeness (QED) is 0.232. The maximum absolute atomic E-state index is 15.0. The Morgan fingerprint density at radius 2 is 1.97 bits per heavy atom. The zero-order chi connectivity index (χ0) is 25.8. The lowest BCUT2D eigenvalue weighted by atomic mass is 10.1. The van der Waals surface area contributed by atoms with Gasteiger partial charge < -0.3 is 19.9 Å². The molecule has 0 radical (unpaired) electrons. The van der Waals surface area contributed by atoms with Gasteiger partial charge in [0.1, 0.15) is 11.9 Å². The van der Waals surface area contributed by atoms with E-state index >= 15 is 4.39 Å². The number of azide groups is 1. The standard InChI is InChI=1S/C23H23FIN7O4/c1-14(33)27-12-17-13-32(23(35)36-17)16-3-5-21(18(24)11-16)30-6-8-31(9-7-30)22(34)15-2-4-20(28-29-26)19(25)10-15/h2-5,10-11,17H,6-9,12-13H2,1H3,(H,27,33)/t17-/m0/s1/i25-2. The number of anilines is 2. The molecule has 11 nitrogen and oxygen atoms in total. The monoisotopic (exact) mass is 605 g/mol. The molecule has 4 rings (SSSR count). The van der Waals surface area contributed by atoms with Crippen LogP contribution >= 0.6 is 22.6 Å². The average molecular weight is 605 g/mol. The van der Waals surface area contributed by atoms with Crippen molar-refractivity contribution in [3.8, 4) is 0 Å². The smallest absolute Gasteiger partial charge is 0.414 e. The lowest BCUT2D eigenvalue weighted by Gasteiger charge is -2.36. The number of carbonyl (C=O) groups excluding carboxylic acids is 3. The molecule has 1 N–H and O–H groups in total. The van der Waals surface area contributed by atoms with Crippen LogP contribution < -0.4 is 15.1 Å². The van der Waals surface area contributed by atoms with Crippen LogP contribution in [-0.2, 0) is 9.53 Å². The fourth-order valence-corrected chi connectivity index (χ4v) is 4.74. The Morgan fingerprint density at radius 3 is 2.61 bits per heavy atom. The first-order valence-electron chi connectivity index (χ1n) is 11.2. The lowest BCUT2D eigenvalue weighted by molar-refractivity contribution is -0.119.